The lowest BCUT2D eigenvalue weighted by atomic mass is 10.1. The van der Waals surface area contributed by atoms with Gasteiger partial charge in [0.05, 0.1) is 18.4 Å². The zero-order valence-corrected chi connectivity index (χ0v) is 17.9. The third-order valence-electron chi connectivity index (χ3n) is 4.87. The lowest BCUT2D eigenvalue weighted by Gasteiger charge is -2.11. The third kappa shape index (κ3) is 4.47. The van der Waals surface area contributed by atoms with Crippen LogP contribution in [0.3, 0.4) is 0 Å². The SMILES string of the molecule is CCOc1ccc(-c2cnc(-c3ccccc3C(=O)Nc3cccc(Cl)c3C)o2)cc1. The van der Waals surface area contributed by atoms with Crippen LogP contribution < -0.4 is 10.1 Å². The smallest absolute Gasteiger partial charge is 0.256 e. The van der Waals surface area contributed by atoms with Crippen molar-refractivity contribution in [1.82, 2.24) is 4.98 Å². The van der Waals surface area contributed by atoms with Crippen molar-refractivity contribution in [2.24, 2.45) is 0 Å². The van der Waals surface area contributed by atoms with Crippen molar-refractivity contribution in [3.63, 3.8) is 0 Å². The zero-order valence-electron chi connectivity index (χ0n) is 17.2. The largest absolute Gasteiger partial charge is 0.494 e. The lowest BCUT2D eigenvalue weighted by Crippen LogP contribution is -2.14. The first-order valence-electron chi connectivity index (χ1n) is 9.91. The third-order valence-corrected chi connectivity index (χ3v) is 5.28. The highest BCUT2D eigenvalue weighted by atomic mass is 35.5. The number of halogens is 1. The molecular weight excluding hydrogens is 412 g/mol. The first-order valence-corrected chi connectivity index (χ1v) is 10.3. The van der Waals surface area contributed by atoms with Crippen LogP contribution in [0.25, 0.3) is 22.8 Å². The van der Waals surface area contributed by atoms with Crippen LogP contribution in [0.4, 0.5) is 5.69 Å². The fourth-order valence-electron chi connectivity index (χ4n) is 3.21. The Balaban J connectivity index is 1.61. The molecule has 0 bridgehead atoms. The molecule has 3 aromatic carbocycles. The van der Waals surface area contributed by atoms with Gasteiger partial charge in [-0.2, -0.15) is 0 Å². The molecule has 0 spiro atoms. The minimum atomic E-state index is -0.262. The topological polar surface area (TPSA) is 64.4 Å². The van der Waals surface area contributed by atoms with Crippen molar-refractivity contribution in [3.8, 4) is 28.5 Å². The van der Waals surface area contributed by atoms with E-state index in [-0.39, 0.29) is 5.91 Å². The van der Waals surface area contributed by atoms with Gasteiger partial charge >= 0.3 is 0 Å². The van der Waals surface area contributed by atoms with Gasteiger partial charge < -0.3 is 14.5 Å². The summed E-state index contributed by atoms with van der Waals surface area (Å²) in [7, 11) is 0. The summed E-state index contributed by atoms with van der Waals surface area (Å²) in [6, 6.07) is 20.2. The summed E-state index contributed by atoms with van der Waals surface area (Å²) in [5.41, 5.74) is 3.41. The molecule has 4 rings (SSSR count). The molecule has 0 saturated carbocycles. The van der Waals surface area contributed by atoms with Crippen LogP contribution in [0.5, 0.6) is 5.75 Å². The zero-order chi connectivity index (χ0) is 21.8. The highest BCUT2D eigenvalue weighted by molar-refractivity contribution is 6.31. The van der Waals surface area contributed by atoms with Gasteiger partial charge in [0.2, 0.25) is 5.89 Å². The molecule has 0 unspecified atom stereocenters. The first-order chi connectivity index (χ1) is 15.1. The average Bonchev–Trinajstić information content (AvgIpc) is 3.28. The maximum atomic E-state index is 13.0. The Morgan fingerprint density at radius 2 is 1.84 bits per heavy atom. The van der Waals surface area contributed by atoms with Crippen LogP contribution in [-0.2, 0) is 0 Å². The van der Waals surface area contributed by atoms with E-state index in [1.165, 1.54) is 0 Å². The second-order valence-electron chi connectivity index (χ2n) is 6.90. The van der Waals surface area contributed by atoms with Crippen molar-refractivity contribution in [1.29, 1.82) is 0 Å². The van der Waals surface area contributed by atoms with Gasteiger partial charge in [0, 0.05) is 21.8 Å². The molecule has 0 radical (unpaired) electrons. The fraction of sp³-hybridized carbons (Fsp3) is 0.120. The van der Waals surface area contributed by atoms with Crippen LogP contribution in [0.1, 0.15) is 22.8 Å². The predicted molar refractivity (Wildman–Crippen MR) is 123 cm³/mol. The number of hydrogen-bond acceptors (Lipinski definition) is 4. The van der Waals surface area contributed by atoms with E-state index in [1.807, 2.05) is 56.3 Å². The van der Waals surface area contributed by atoms with Gasteiger partial charge in [0.25, 0.3) is 5.91 Å². The summed E-state index contributed by atoms with van der Waals surface area (Å²) in [5.74, 6) is 1.52. The number of nitrogens with one attached hydrogen (secondary N) is 1. The molecule has 1 aromatic heterocycles. The van der Waals surface area contributed by atoms with E-state index in [2.05, 4.69) is 10.3 Å². The maximum Gasteiger partial charge on any atom is 0.256 e. The highest BCUT2D eigenvalue weighted by Gasteiger charge is 2.18. The number of benzene rings is 3. The average molecular weight is 433 g/mol. The van der Waals surface area contributed by atoms with E-state index in [9.17, 15) is 4.79 Å². The van der Waals surface area contributed by atoms with Gasteiger partial charge in [0.1, 0.15) is 5.75 Å². The maximum absolute atomic E-state index is 13.0. The van der Waals surface area contributed by atoms with Gasteiger partial charge in [0.15, 0.2) is 5.76 Å². The Kier molecular flexibility index (Phi) is 6.05. The minimum absolute atomic E-state index is 0.262. The molecule has 5 nitrogen and oxygen atoms in total. The van der Waals surface area contributed by atoms with E-state index in [4.69, 9.17) is 20.8 Å². The summed E-state index contributed by atoms with van der Waals surface area (Å²) >= 11 is 6.17. The number of aromatic nitrogens is 1. The molecule has 4 aromatic rings. The van der Waals surface area contributed by atoms with E-state index >= 15 is 0 Å². The van der Waals surface area contributed by atoms with E-state index in [0.717, 1.165) is 16.9 Å². The van der Waals surface area contributed by atoms with Crippen LogP contribution in [0, 0.1) is 6.92 Å². The molecule has 0 aliphatic carbocycles. The molecule has 6 heteroatoms. The van der Waals surface area contributed by atoms with Crippen molar-refractivity contribution in [2.75, 3.05) is 11.9 Å². The molecule has 1 N–H and O–H groups in total. The van der Waals surface area contributed by atoms with Crippen molar-refractivity contribution >= 4 is 23.2 Å². The summed E-state index contributed by atoms with van der Waals surface area (Å²) in [6.07, 6.45) is 1.65. The molecule has 0 aliphatic rings. The summed E-state index contributed by atoms with van der Waals surface area (Å²) in [5, 5.41) is 3.52. The van der Waals surface area contributed by atoms with Gasteiger partial charge in [-0.25, -0.2) is 4.98 Å². The molecule has 156 valence electrons. The fourth-order valence-corrected chi connectivity index (χ4v) is 3.39. The Bertz CT molecular complexity index is 1220. The second kappa shape index (κ2) is 9.06. The minimum Gasteiger partial charge on any atom is -0.494 e. The lowest BCUT2D eigenvalue weighted by molar-refractivity contribution is 0.102. The molecule has 0 atom stereocenters. The molecule has 31 heavy (non-hydrogen) atoms. The Labute approximate surface area is 185 Å². The summed E-state index contributed by atoms with van der Waals surface area (Å²) in [6.45, 7) is 4.42. The number of amides is 1. The van der Waals surface area contributed by atoms with Crippen LogP contribution >= 0.6 is 11.6 Å². The van der Waals surface area contributed by atoms with Crippen molar-refractivity contribution in [2.45, 2.75) is 13.8 Å². The van der Waals surface area contributed by atoms with Crippen molar-refractivity contribution < 1.29 is 13.9 Å². The molecule has 1 amide bonds. The number of carbonyl (C=O) groups excluding carboxylic acids is 1. The van der Waals surface area contributed by atoms with Crippen LogP contribution in [0.2, 0.25) is 5.02 Å². The van der Waals surface area contributed by atoms with Gasteiger partial charge in [-0.15, -0.1) is 0 Å². The number of anilines is 1. The predicted octanol–water partition coefficient (Wildman–Crippen LogP) is 6.62. The molecule has 0 fully saturated rings. The molecule has 0 saturated heterocycles. The number of oxazole rings is 1. The van der Waals surface area contributed by atoms with E-state index in [1.54, 1.807) is 30.5 Å². The Morgan fingerprint density at radius 1 is 1.06 bits per heavy atom. The summed E-state index contributed by atoms with van der Waals surface area (Å²) in [4.78, 5) is 17.4. The summed E-state index contributed by atoms with van der Waals surface area (Å²) < 4.78 is 11.5. The van der Waals surface area contributed by atoms with Gasteiger partial charge in [-0.05, 0) is 67.9 Å². The second-order valence-corrected chi connectivity index (χ2v) is 7.31. The Hall–Kier alpha value is -3.57. The quantitative estimate of drug-likeness (QED) is 0.371. The normalized spacial score (nSPS) is 10.7. The van der Waals surface area contributed by atoms with Crippen molar-refractivity contribution in [3.05, 3.63) is 89.1 Å². The molecule has 0 aliphatic heterocycles. The highest BCUT2D eigenvalue weighted by Crippen LogP contribution is 2.30. The monoisotopic (exact) mass is 432 g/mol. The first kappa shape index (κ1) is 20.7. The standard InChI is InChI=1S/C25H21ClN2O3/c1-3-30-18-13-11-17(12-14-18)23-15-27-25(31-23)20-8-5-4-7-19(20)24(29)28-22-10-6-9-21(26)16(22)2/h4-15H,3H2,1-2H3,(H,28,29). The number of hydrogen-bond donors (Lipinski definition) is 1. The van der Waals surface area contributed by atoms with Crippen LogP contribution in [-0.4, -0.2) is 17.5 Å². The number of nitrogens with zero attached hydrogens (tertiary/aromatic N) is 1. The van der Waals surface area contributed by atoms with E-state index in [0.29, 0.717) is 40.1 Å². The Morgan fingerprint density at radius 3 is 2.61 bits per heavy atom. The number of rotatable bonds is 6. The number of carbonyl (C=O) groups is 1. The van der Waals surface area contributed by atoms with E-state index < -0.39 is 0 Å². The molecule has 1 heterocycles. The van der Waals surface area contributed by atoms with Gasteiger partial charge in [-0.1, -0.05) is 29.8 Å². The molecular formula is C25H21ClN2O3. The number of ether oxygens (including phenoxy) is 1. The van der Waals surface area contributed by atoms with Gasteiger partial charge in [-0.3, -0.25) is 4.79 Å². The van der Waals surface area contributed by atoms with Crippen LogP contribution in [0.15, 0.2) is 77.3 Å².